The average molecular weight is 256 g/mol. The molecular formula is C15H12O2S. The minimum Gasteiger partial charge on any atom is -0.289 e. The van der Waals surface area contributed by atoms with Gasteiger partial charge < -0.3 is 0 Å². The summed E-state index contributed by atoms with van der Waals surface area (Å²) in [7, 11) is -1.28. The van der Waals surface area contributed by atoms with Crippen LogP contribution in [0.5, 0.6) is 0 Å². The predicted octanol–water partition coefficient (Wildman–Crippen LogP) is 3.19. The zero-order valence-electron chi connectivity index (χ0n) is 9.65. The lowest BCUT2D eigenvalue weighted by atomic mass is 10.1. The lowest BCUT2D eigenvalue weighted by molar-refractivity contribution is 0.104. The highest BCUT2D eigenvalue weighted by Crippen LogP contribution is 2.07. The van der Waals surface area contributed by atoms with Crippen LogP contribution in [0.1, 0.15) is 10.4 Å². The number of carbonyl (C=O) groups excluding carboxylic acids is 1. The molecule has 0 amide bonds. The van der Waals surface area contributed by atoms with Gasteiger partial charge in [0.05, 0.1) is 10.8 Å². The van der Waals surface area contributed by atoms with Crippen LogP contribution in [-0.2, 0) is 10.8 Å². The molecular weight excluding hydrogens is 244 g/mol. The Morgan fingerprint density at radius 1 is 0.889 bits per heavy atom. The molecule has 18 heavy (non-hydrogen) atoms. The average Bonchev–Trinajstić information content (AvgIpc) is 2.46. The van der Waals surface area contributed by atoms with Crippen LogP contribution in [0.4, 0.5) is 0 Å². The molecule has 0 heterocycles. The van der Waals surface area contributed by atoms with E-state index in [2.05, 4.69) is 0 Å². The van der Waals surface area contributed by atoms with Gasteiger partial charge in [-0.15, -0.1) is 0 Å². The van der Waals surface area contributed by atoms with Crippen LogP contribution in [0.2, 0.25) is 0 Å². The number of benzene rings is 2. The number of ketones is 1. The van der Waals surface area contributed by atoms with Crippen molar-refractivity contribution in [1.29, 1.82) is 0 Å². The van der Waals surface area contributed by atoms with Crippen LogP contribution in [0.15, 0.2) is 77.0 Å². The Labute approximate surface area is 108 Å². The van der Waals surface area contributed by atoms with E-state index in [1.807, 2.05) is 24.3 Å². The van der Waals surface area contributed by atoms with Gasteiger partial charge in [-0.25, -0.2) is 4.21 Å². The van der Waals surface area contributed by atoms with E-state index in [0.29, 0.717) is 10.5 Å². The number of hydrogen-bond acceptors (Lipinski definition) is 2. The molecule has 0 aliphatic heterocycles. The molecule has 0 aliphatic rings. The normalized spacial score (nSPS) is 12.4. The van der Waals surface area contributed by atoms with Gasteiger partial charge in [0, 0.05) is 15.9 Å². The second kappa shape index (κ2) is 6.07. The monoisotopic (exact) mass is 256 g/mol. The van der Waals surface area contributed by atoms with Crippen molar-refractivity contribution < 1.29 is 9.00 Å². The van der Waals surface area contributed by atoms with Gasteiger partial charge in [0.2, 0.25) is 0 Å². The van der Waals surface area contributed by atoms with E-state index in [4.69, 9.17) is 0 Å². The van der Waals surface area contributed by atoms with Crippen molar-refractivity contribution in [2.75, 3.05) is 0 Å². The summed E-state index contributed by atoms with van der Waals surface area (Å²) >= 11 is 0. The van der Waals surface area contributed by atoms with Gasteiger partial charge in [-0.2, -0.15) is 0 Å². The number of allylic oxidation sites excluding steroid dienone is 1. The second-order valence-electron chi connectivity index (χ2n) is 3.64. The zero-order chi connectivity index (χ0) is 12.8. The molecule has 0 spiro atoms. The molecule has 2 aromatic rings. The van der Waals surface area contributed by atoms with Crippen molar-refractivity contribution in [1.82, 2.24) is 0 Å². The third-order valence-corrected chi connectivity index (χ3v) is 3.50. The predicted molar refractivity (Wildman–Crippen MR) is 72.8 cm³/mol. The highest BCUT2D eigenvalue weighted by Gasteiger charge is 2.02. The standard InChI is InChI=1S/C15H12O2S/c16-15(13-7-3-1-4-8-13)11-12-18(17)14-9-5-2-6-10-14/h1-12H. The van der Waals surface area contributed by atoms with E-state index in [1.165, 1.54) is 11.5 Å². The van der Waals surface area contributed by atoms with E-state index in [9.17, 15) is 9.00 Å². The van der Waals surface area contributed by atoms with Crippen molar-refractivity contribution in [3.63, 3.8) is 0 Å². The van der Waals surface area contributed by atoms with Gasteiger partial charge in [0.15, 0.2) is 5.78 Å². The molecule has 1 atom stereocenters. The first-order chi connectivity index (χ1) is 8.77. The molecule has 1 unspecified atom stereocenters. The van der Waals surface area contributed by atoms with E-state index in [1.54, 1.807) is 36.4 Å². The number of rotatable bonds is 4. The lowest BCUT2D eigenvalue weighted by Gasteiger charge is -1.96. The summed E-state index contributed by atoms with van der Waals surface area (Å²) in [5.41, 5.74) is 0.596. The summed E-state index contributed by atoms with van der Waals surface area (Å²) < 4.78 is 11.9. The third kappa shape index (κ3) is 3.25. The van der Waals surface area contributed by atoms with Crippen LogP contribution < -0.4 is 0 Å². The largest absolute Gasteiger partial charge is 0.289 e. The van der Waals surface area contributed by atoms with Crippen molar-refractivity contribution in [2.45, 2.75) is 4.90 Å². The molecule has 0 saturated carbocycles. The van der Waals surface area contributed by atoms with Crippen LogP contribution >= 0.6 is 0 Å². The zero-order valence-corrected chi connectivity index (χ0v) is 10.5. The number of carbonyl (C=O) groups is 1. The summed E-state index contributed by atoms with van der Waals surface area (Å²) in [6.45, 7) is 0. The van der Waals surface area contributed by atoms with Gasteiger partial charge in [-0.05, 0) is 18.2 Å². The van der Waals surface area contributed by atoms with E-state index < -0.39 is 10.8 Å². The van der Waals surface area contributed by atoms with Crippen molar-refractivity contribution in [2.24, 2.45) is 0 Å². The highest BCUT2D eigenvalue weighted by atomic mass is 32.2. The molecule has 0 N–H and O–H groups in total. The van der Waals surface area contributed by atoms with Gasteiger partial charge >= 0.3 is 0 Å². The van der Waals surface area contributed by atoms with Crippen LogP contribution in [-0.4, -0.2) is 9.99 Å². The molecule has 0 aliphatic carbocycles. The van der Waals surface area contributed by atoms with Crippen LogP contribution in [0, 0.1) is 0 Å². The molecule has 0 fully saturated rings. The molecule has 3 heteroatoms. The first-order valence-electron chi connectivity index (χ1n) is 5.50. The number of hydrogen-bond donors (Lipinski definition) is 0. The quantitative estimate of drug-likeness (QED) is 0.622. The van der Waals surface area contributed by atoms with Gasteiger partial charge in [-0.1, -0.05) is 48.5 Å². The Kier molecular flexibility index (Phi) is 4.20. The maximum Gasteiger partial charge on any atom is 0.186 e. The van der Waals surface area contributed by atoms with E-state index in [-0.39, 0.29) is 5.78 Å². The summed E-state index contributed by atoms with van der Waals surface area (Å²) in [6, 6.07) is 18.0. The molecule has 0 radical (unpaired) electrons. The molecule has 0 bridgehead atoms. The van der Waals surface area contributed by atoms with Crippen molar-refractivity contribution in [3.05, 3.63) is 77.7 Å². The summed E-state index contributed by atoms with van der Waals surface area (Å²) in [6.07, 6.45) is 1.36. The van der Waals surface area contributed by atoms with Gasteiger partial charge in [0.1, 0.15) is 0 Å². The minimum atomic E-state index is -1.28. The Bertz CT molecular complexity index is 520. The van der Waals surface area contributed by atoms with Crippen molar-refractivity contribution in [3.8, 4) is 0 Å². The Morgan fingerprint density at radius 2 is 1.44 bits per heavy atom. The molecule has 0 saturated heterocycles. The highest BCUT2D eigenvalue weighted by molar-refractivity contribution is 7.88. The Morgan fingerprint density at radius 3 is 2.06 bits per heavy atom. The fraction of sp³-hybridized carbons (Fsp3) is 0. The molecule has 2 nitrogen and oxygen atoms in total. The molecule has 0 aromatic heterocycles. The topological polar surface area (TPSA) is 34.1 Å². The summed E-state index contributed by atoms with van der Waals surface area (Å²) in [5, 5.41) is 1.42. The molecule has 2 rings (SSSR count). The SMILES string of the molecule is O=C(C=CS(=O)c1ccccc1)c1ccccc1. The Balaban J connectivity index is 2.08. The van der Waals surface area contributed by atoms with Gasteiger partial charge in [-0.3, -0.25) is 4.79 Å². The Hall–Kier alpha value is -2.00. The fourth-order valence-corrected chi connectivity index (χ4v) is 2.29. The van der Waals surface area contributed by atoms with Crippen LogP contribution in [0.25, 0.3) is 0 Å². The summed E-state index contributed by atoms with van der Waals surface area (Å²) in [5.74, 6) is -0.139. The van der Waals surface area contributed by atoms with E-state index >= 15 is 0 Å². The summed E-state index contributed by atoms with van der Waals surface area (Å²) in [4.78, 5) is 12.4. The lowest BCUT2D eigenvalue weighted by Crippen LogP contribution is -1.94. The minimum absolute atomic E-state index is 0.139. The smallest absolute Gasteiger partial charge is 0.186 e. The fourth-order valence-electron chi connectivity index (χ4n) is 1.46. The van der Waals surface area contributed by atoms with Crippen molar-refractivity contribution >= 4 is 16.6 Å². The van der Waals surface area contributed by atoms with Crippen LogP contribution in [0.3, 0.4) is 0 Å². The van der Waals surface area contributed by atoms with E-state index in [0.717, 1.165) is 0 Å². The second-order valence-corrected chi connectivity index (χ2v) is 4.98. The maximum atomic E-state index is 11.9. The molecule has 90 valence electrons. The maximum absolute atomic E-state index is 11.9. The van der Waals surface area contributed by atoms with Gasteiger partial charge in [0.25, 0.3) is 0 Å². The first kappa shape index (κ1) is 12.5. The molecule has 2 aromatic carbocycles. The third-order valence-electron chi connectivity index (χ3n) is 2.38. The first-order valence-corrected chi connectivity index (χ1v) is 6.72.